The number of carbonyl (C=O) groups is 1. The molecule has 1 aliphatic heterocycles. The molecule has 1 aliphatic rings. The Morgan fingerprint density at radius 2 is 2.20 bits per heavy atom. The van der Waals surface area contributed by atoms with Gasteiger partial charge < -0.3 is 10.4 Å². The molecular formula is C11H22N2O2. The first-order chi connectivity index (χ1) is 7.02. The molecule has 0 bridgehead atoms. The molecular weight excluding hydrogens is 192 g/mol. The first-order valence-corrected chi connectivity index (χ1v) is 5.72. The quantitative estimate of drug-likeness (QED) is 0.706. The van der Waals surface area contributed by atoms with Crippen molar-refractivity contribution < 1.29 is 9.90 Å². The van der Waals surface area contributed by atoms with Crippen molar-refractivity contribution >= 4 is 5.91 Å². The largest absolute Gasteiger partial charge is 0.392 e. The molecule has 88 valence electrons. The summed E-state index contributed by atoms with van der Waals surface area (Å²) in [6.07, 6.45) is 0.582. The molecule has 4 heteroatoms. The molecule has 1 saturated heterocycles. The van der Waals surface area contributed by atoms with Crippen molar-refractivity contribution in [3.8, 4) is 0 Å². The van der Waals surface area contributed by atoms with E-state index < -0.39 is 0 Å². The Kier molecular flexibility index (Phi) is 4.54. The summed E-state index contributed by atoms with van der Waals surface area (Å²) < 4.78 is 0. The third kappa shape index (κ3) is 3.47. The minimum atomic E-state index is -0.378. The lowest BCUT2D eigenvalue weighted by molar-refractivity contribution is -0.127. The summed E-state index contributed by atoms with van der Waals surface area (Å²) in [6, 6.07) is -0.0953. The van der Waals surface area contributed by atoms with Crippen molar-refractivity contribution in [3.05, 3.63) is 0 Å². The first-order valence-electron chi connectivity index (χ1n) is 5.72. The maximum absolute atomic E-state index is 11.8. The van der Waals surface area contributed by atoms with Crippen LogP contribution in [0.4, 0.5) is 0 Å². The van der Waals surface area contributed by atoms with Gasteiger partial charge in [0.25, 0.3) is 0 Å². The van der Waals surface area contributed by atoms with Gasteiger partial charge in [0.2, 0.25) is 5.91 Å². The van der Waals surface area contributed by atoms with Crippen LogP contribution in [-0.2, 0) is 4.79 Å². The molecule has 0 spiro atoms. The molecule has 0 aliphatic carbocycles. The summed E-state index contributed by atoms with van der Waals surface area (Å²) in [5, 5.41) is 12.3. The Bertz CT molecular complexity index is 217. The van der Waals surface area contributed by atoms with Crippen LogP contribution >= 0.6 is 0 Å². The number of hydrogen-bond acceptors (Lipinski definition) is 3. The molecule has 0 saturated carbocycles. The summed E-state index contributed by atoms with van der Waals surface area (Å²) in [6.45, 7) is 8.07. The summed E-state index contributed by atoms with van der Waals surface area (Å²) in [5.41, 5.74) is 0. The van der Waals surface area contributed by atoms with Crippen LogP contribution in [0.1, 0.15) is 27.2 Å². The Labute approximate surface area is 91.6 Å². The Morgan fingerprint density at radius 3 is 2.73 bits per heavy atom. The van der Waals surface area contributed by atoms with Crippen molar-refractivity contribution in [1.29, 1.82) is 0 Å². The smallest absolute Gasteiger partial charge is 0.237 e. The lowest BCUT2D eigenvalue weighted by atomic mass is 10.0. The van der Waals surface area contributed by atoms with Gasteiger partial charge in [0, 0.05) is 19.6 Å². The van der Waals surface area contributed by atoms with Crippen LogP contribution in [0.5, 0.6) is 0 Å². The molecule has 0 aromatic carbocycles. The molecule has 2 unspecified atom stereocenters. The number of nitrogens with zero attached hydrogens (tertiary/aromatic N) is 1. The van der Waals surface area contributed by atoms with Crippen LogP contribution in [-0.4, -0.2) is 47.7 Å². The molecule has 1 fully saturated rings. The minimum Gasteiger partial charge on any atom is -0.392 e. The minimum absolute atomic E-state index is 0.0953. The van der Waals surface area contributed by atoms with Gasteiger partial charge in [-0.15, -0.1) is 0 Å². The molecule has 15 heavy (non-hydrogen) atoms. The topological polar surface area (TPSA) is 52.6 Å². The standard InChI is InChI=1S/C11H22N2O2/c1-8(2)10-11(15)12-5-4-6-13(10)7-9(3)14/h8-10,14H,4-7H2,1-3H3,(H,12,15). The number of rotatable bonds is 3. The van der Waals surface area contributed by atoms with Crippen molar-refractivity contribution in [3.63, 3.8) is 0 Å². The maximum atomic E-state index is 11.8. The molecule has 0 radical (unpaired) electrons. The highest BCUT2D eigenvalue weighted by atomic mass is 16.3. The van der Waals surface area contributed by atoms with E-state index in [9.17, 15) is 9.90 Å². The summed E-state index contributed by atoms with van der Waals surface area (Å²) >= 11 is 0. The number of hydrogen-bond donors (Lipinski definition) is 2. The fraction of sp³-hybridized carbons (Fsp3) is 0.909. The van der Waals surface area contributed by atoms with Crippen LogP contribution < -0.4 is 5.32 Å². The number of β-amino-alcohol motifs (C(OH)–C–C–N with tert-alkyl or cyclic N) is 1. The number of carbonyl (C=O) groups excluding carboxylic acids is 1. The van der Waals surface area contributed by atoms with Gasteiger partial charge in [0.05, 0.1) is 12.1 Å². The maximum Gasteiger partial charge on any atom is 0.237 e. The van der Waals surface area contributed by atoms with E-state index in [1.54, 1.807) is 6.92 Å². The summed E-state index contributed by atoms with van der Waals surface area (Å²) in [5.74, 6) is 0.380. The molecule has 1 amide bonds. The van der Waals surface area contributed by atoms with Gasteiger partial charge in [-0.1, -0.05) is 13.8 Å². The summed E-state index contributed by atoms with van der Waals surface area (Å²) in [4.78, 5) is 13.9. The Balaban J connectivity index is 2.73. The molecule has 0 aromatic rings. The number of aliphatic hydroxyl groups excluding tert-OH is 1. The SMILES string of the molecule is CC(O)CN1CCCNC(=O)C1C(C)C. The highest BCUT2D eigenvalue weighted by Gasteiger charge is 2.30. The van der Waals surface area contributed by atoms with Crippen LogP contribution in [0, 0.1) is 5.92 Å². The van der Waals surface area contributed by atoms with Gasteiger partial charge in [-0.05, 0) is 19.3 Å². The van der Waals surface area contributed by atoms with Crippen LogP contribution in [0.2, 0.25) is 0 Å². The van der Waals surface area contributed by atoms with E-state index in [2.05, 4.69) is 10.2 Å². The molecule has 2 atom stereocenters. The highest BCUT2D eigenvalue weighted by Crippen LogP contribution is 2.14. The zero-order valence-electron chi connectivity index (χ0n) is 9.86. The average Bonchev–Trinajstić information content (AvgIpc) is 2.26. The monoisotopic (exact) mass is 214 g/mol. The first kappa shape index (κ1) is 12.5. The van der Waals surface area contributed by atoms with Crippen LogP contribution in [0.15, 0.2) is 0 Å². The van der Waals surface area contributed by atoms with Gasteiger partial charge >= 0.3 is 0 Å². The fourth-order valence-corrected chi connectivity index (χ4v) is 2.17. The van der Waals surface area contributed by atoms with E-state index >= 15 is 0 Å². The highest BCUT2D eigenvalue weighted by molar-refractivity contribution is 5.82. The summed E-state index contributed by atoms with van der Waals surface area (Å²) in [7, 11) is 0. The van der Waals surface area contributed by atoms with Crippen molar-refractivity contribution in [2.24, 2.45) is 5.92 Å². The zero-order chi connectivity index (χ0) is 11.4. The third-order valence-corrected chi connectivity index (χ3v) is 2.71. The zero-order valence-corrected chi connectivity index (χ0v) is 9.86. The predicted molar refractivity (Wildman–Crippen MR) is 59.5 cm³/mol. The van der Waals surface area contributed by atoms with E-state index in [1.807, 2.05) is 13.8 Å². The van der Waals surface area contributed by atoms with Crippen molar-refractivity contribution in [2.75, 3.05) is 19.6 Å². The molecule has 1 rings (SSSR count). The number of aliphatic hydroxyl groups is 1. The molecule has 0 aromatic heterocycles. The van der Waals surface area contributed by atoms with E-state index in [0.29, 0.717) is 6.54 Å². The van der Waals surface area contributed by atoms with E-state index in [4.69, 9.17) is 0 Å². The van der Waals surface area contributed by atoms with Gasteiger partial charge in [-0.2, -0.15) is 0 Å². The van der Waals surface area contributed by atoms with Gasteiger partial charge in [0.15, 0.2) is 0 Å². The lowest BCUT2D eigenvalue weighted by Crippen LogP contribution is -2.49. The lowest BCUT2D eigenvalue weighted by Gasteiger charge is -2.31. The molecule has 2 N–H and O–H groups in total. The average molecular weight is 214 g/mol. The predicted octanol–water partition coefficient (Wildman–Crippen LogP) is 0.214. The number of nitrogens with one attached hydrogen (secondary N) is 1. The molecule has 1 heterocycles. The van der Waals surface area contributed by atoms with Gasteiger partial charge in [0.1, 0.15) is 0 Å². The van der Waals surface area contributed by atoms with Crippen molar-refractivity contribution in [1.82, 2.24) is 10.2 Å². The fourth-order valence-electron chi connectivity index (χ4n) is 2.17. The second-order valence-electron chi connectivity index (χ2n) is 4.68. The Hall–Kier alpha value is -0.610. The van der Waals surface area contributed by atoms with Gasteiger partial charge in [-0.25, -0.2) is 0 Å². The third-order valence-electron chi connectivity index (χ3n) is 2.71. The Morgan fingerprint density at radius 1 is 1.53 bits per heavy atom. The normalized spacial score (nSPS) is 26.2. The van der Waals surface area contributed by atoms with E-state index in [-0.39, 0.29) is 24.0 Å². The second kappa shape index (κ2) is 5.47. The van der Waals surface area contributed by atoms with E-state index in [0.717, 1.165) is 19.5 Å². The van der Waals surface area contributed by atoms with Gasteiger partial charge in [-0.3, -0.25) is 9.69 Å². The van der Waals surface area contributed by atoms with E-state index in [1.165, 1.54) is 0 Å². The van der Waals surface area contributed by atoms with Crippen LogP contribution in [0.25, 0.3) is 0 Å². The van der Waals surface area contributed by atoms with Crippen LogP contribution in [0.3, 0.4) is 0 Å². The molecule has 4 nitrogen and oxygen atoms in total. The van der Waals surface area contributed by atoms with Crippen molar-refractivity contribution in [2.45, 2.75) is 39.3 Å². The number of amides is 1. The second-order valence-corrected chi connectivity index (χ2v) is 4.68.